The number of aromatic nitrogens is 2. The normalized spacial score (nSPS) is 10.5. The highest BCUT2D eigenvalue weighted by Gasteiger charge is 2.14. The van der Waals surface area contributed by atoms with Gasteiger partial charge < -0.3 is 5.32 Å². The van der Waals surface area contributed by atoms with E-state index in [2.05, 4.69) is 26.3 Å². The Morgan fingerprint density at radius 3 is 2.79 bits per heavy atom. The molecule has 4 nitrogen and oxygen atoms in total. The predicted molar refractivity (Wildman–Crippen MR) is 71.2 cm³/mol. The van der Waals surface area contributed by atoms with Crippen LogP contribution in [0.2, 0.25) is 0 Å². The lowest BCUT2D eigenvalue weighted by Gasteiger charge is -2.08. The van der Waals surface area contributed by atoms with Gasteiger partial charge in [0.05, 0.1) is 22.9 Å². The fourth-order valence-electron chi connectivity index (χ4n) is 1.55. The van der Waals surface area contributed by atoms with Crippen molar-refractivity contribution in [3.8, 4) is 0 Å². The van der Waals surface area contributed by atoms with E-state index in [-0.39, 0.29) is 16.6 Å². The minimum atomic E-state index is -0.730. The van der Waals surface area contributed by atoms with Gasteiger partial charge in [0, 0.05) is 18.7 Å². The summed E-state index contributed by atoms with van der Waals surface area (Å²) in [5.74, 6) is -1.45. The largest absolute Gasteiger partial charge is 0.387 e. The molecule has 0 saturated carbocycles. The third-order valence-corrected chi connectivity index (χ3v) is 3.22. The Balaban J connectivity index is 2.42. The van der Waals surface area contributed by atoms with Crippen LogP contribution in [0.1, 0.15) is 5.56 Å². The fourth-order valence-corrected chi connectivity index (χ4v) is 1.92. The summed E-state index contributed by atoms with van der Waals surface area (Å²) >= 11 is 2.98. The molecule has 0 spiro atoms. The van der Waals surface area contributed by atoms with Gasteiger partial charge in [-0.15, -0.1) is 0 Å². The smallest absolute Gasteiger partial charge is 0.269 e. The molecule has 2 rings (SSSR count). The minimum absolute atomic E-state index is 0.142. The predicted octanol–water partition coefficient (Wildman–Crippen LogP) is 2.37. The van der Waals surface area contributed by atoms with Gasteiger partial charge in [-0.25, -0.2) is 13.5 Å². The Morgan fingerprint density at radius 2 is 2.16 bits per heavy atom. The second kappa shape index (κ2) is 5.48. The first kappa shape index (κ1) is 13.7. The summed E-state index contributed by atoms with van der Waals surface area (Å²) in [7, 11) is 1.65. The molecule has 0 atom stereocenters. The Labute approximate surface area is 116 Å². The molecule has 2 aromatic rings. The van der Waals surface area contributed by atoms with Crippen LogP contribution in [0.15, 0.2) is 33.7 Å². The van der Waals surface area contributed by atoms with Crippen LogP contribution in [0.25, 0.3) is 0 Å². The van der Waals surface area contributed by atoms with Crippen LogP contribution in [-0.4, -0.2) is 16.8 Å². The lowest BCUT2D eigenvalue weighted by atomic mass is 10.2. The third kappa shape index (κ3) is 2.81. The molecule has 0 fully saturated rings. The molecular weight excluding hydrogens is 320 g/mol. The highest BCUT2D eigenvalue weighted by atomic mass is 79.9. The van der Waals surface area contributed by atoms with Gasteiger partial charge in [-0.2, -0.15) is 5.10 Å². The molecule has 0 radical (unpaired) electrons. The number of anilines is 1. The number of rotatable bonds is 3. The lowest BCUT2D eigenvalue weighted by molar-refractivity contribution is 0.521. The number of hydrogen-bond donors (Lipinski definition) is 1. The number of nitrogens with zero attached hydrogens (tertiary/aromatic N) is 2. The maximum absolute atomic E-state index is 13.8. The quantitative estimate of drug-likeness (QED) is 0.879. The van der Waals surface area contributed by atoms with Crippen molar-refractivity contribution in [2.24, 2.45) is 0 Å². The summed E-state index contributed by atoms with van der Waals surface area (Å²) < 4.78 is 28.5. The van der Waals surface area contributed by atoms with Crippen molar-refractivity contribution in [2.75, 3.05) is 12.4 Å². The van der Waals surface area contributed by atoms with Gasteiger partial charge in [0.25, 0.3) is 5.56 Å². The first-order valence-corrected chi connectivity index (χ1v) is 6.19. The lowest BCUT2D eigenvalue weighted by Crippen LogP contribution is -2.24. The first-order valence-electron chi connectivity index (χ1n) is 5.40. The SMILES string of the molecule is CNc1cnn(Cc2c(F)ccc(Br)c2F)c(=O)c1. The van der Waals surface area contributed by atoms with E-state index in [1.165, 1.54) is 18.3 Å². The van der Waals surface area contributed by atoms with E-state index in [9.17, 15) is 13.6 Å². The zero-order valence-electron chi connectivity index (χ0n) is 9.95. The van der Waals surface area contributed by atoms with Gasteiger partial charge in [-0.1, -0.05) is 0 Å². The number of hydrogen-bond acceptors (Lipinski definition) is 3. The van der Waals surface area contributed by atoms with Crippen molar-refractivity contribution in [1.82, 2.24) is 9.78 Å². The third-order valence-electron chi connectivity index (χ3n) is 2.61. The highest BCUT2D eigenvalue weighted by Crippen LogP contribution is 2.21. The van der Waals surface area contributed by atoms with Crippen LogP contribution in [0.5, 0.6) is 0 Å². The molecule has 1 N–H and O–H groups in total. The van der Waals surface area contributed by atoms with E-state index in [1.807, 2.05) is 0 Å². The van der Waals surface area contributed by atoms with Crippen molar-refractivity contribution in [1.29, 1.82) is 0 Å². The molecule has 100 valence electrons. The average molecular weight is 330 g/mol. The molecule has 0 unspecified atom stereocenters. The highest BCUT2D eigenvalue weighted by molar-refractivity contribution is 9.10. The van der Waals surface area contributed by atoms with E-state index in [1.54, 1.807) is 7.05 Å². The van der Waals surface area contributed by atoms with Crippen LogP contribution in [-0.2, 0) is 6.54 Å². The zero-order chi connectivity index (χ0) is 14.0. The van der Waals surface area contributed by atoms with Gasteiger partial charge >= 0.3 is 0 Å². The maximum Gasteiger partial charge on any atom is 0.269 e. The van der Waals surface area contributed by atoms with Crippen LogP contribution >= 0.6 is 15.9 Å². The standard InChI is InChI=1S/C12H10BrF2N3O/c1-16-7-4-11(19)18(17-5-7)6-8-10(14)3-2-9(13)12(8)15/h2-5,16H,6H2,1H3. The van der Waals surface area contributed by atoms with Crippen LogP contribution in [0.3, 0.4) is 0 Å². The molecule has 0 aliphatic heterocycles. The van der Waals surface area contributed by atoms with Crippen molar-refractivity contribution in [3.63, 3.8) is 0 Å². The Hall–Kier alpha value is -1.76. The number of benzene rings is 1. The molecule has 1 heterocycles. The minimum Gasteiger partial charge on any atom is -0.387 e. The molecule has 1 aromatic heterocycles. The number of halogens is 3. The van der Waals surface area contributed by atoms with E-state index in [0.717, 1.165) is 10.7 Å². The molecule has 0 bridgehead atoms. The van der Waals surface area contributed by atoms with Gasteiger partial charge in [0.1, 0.15) is 11.6 Å². The Kier molecular flexibility index (Phi) is 3.94. The van der Waals surface area contributed by atoms with Crippen molar-refractivity contribution in [2.45, 2.75) is 6.54 Å². The summed E-state index contributed by atoms with van der Waals surface area (Å²) in [5, 5.41) is 6.61. The van der Waals surface area contributed by atoms with Gasteiger partial charge in [-0.05, 0) is 28.1 Å². The van der Waals surface area contributed by atoms with Crippen molar-refractivity contribution < 1.29 is 8.78 Å². The van der Waals surface area contributed by atoms with Gasteiger partial charge in [-0.3, -0.25) is 4.79 Å². The van der Waals surface area contributed by atoms with Crippen LogP contribution < -0.4 is 10.9 Å². The fraction of sp³-hybridized carbons (Fsp3) is 0.167. The summed E-state index contributed by atoms with van der Waals surface area (Å²) in [5.41, 5.74) is -0.108. The van der Waals surface area contributed by atoms with E-state index < -0.39 is 17.2 Å². The topological polar surface area (TPSA) is 46.9 Å². The molecule has 19 heavy (non-hydrogen) atoms. The summed E-state index contributed by atoms with van der Waals surface area (Å²) in [6.45, 7) is -0.264. The van der Waals surface area contributed by atoms with Crippen LogP contribution in [0.4, 0.5) is 14.5 Å². The summed E-state index contributed by atoms with van der Waals surface area (Å²) in [6, 6.07) is 3.71. The summed E-state index contributed by atoms with van der Waals surface area (Å²) in [6.07, 6.45) is 1.41. The van der Waals surface area contributed by atoms with E-state index in [4.69, 9.17) is 0 Å². The summed E-state index contributed by atoms with van der Waals surface area (Å²) in [4.78, 5) is 11.7. The van der Waals surface area contributed by atoms with Crippen LogP contribution in [0, 0.1) is 11.6 Å². The monoisotopic (exact) mass is 329 g/mol. The Bertz CT molecular complexity index is 673. The second-order valence-corrected chi connectivity index (χ2v) is 4.67. The zero-order valence-corrected chi connectivity index (χ0v) is 11.5. The van der Waals surface area contributed by atoms with Crippen molar-refractivity contribution >= 4 is 21.6 Å². The van der Waals surface area contributed by atoms with Gasteiger partial charge in [0.2, 0.25) is 0 Å². The molecule has 7 heteroatoms. The second-order valence-electron chi connectivity index (χ2n) is 3.81. The molecule has 0 aliphatic rings. The average Bonchev–Trinajstić information content (AvgIpc) is 2.40. The maximum atomic E-state index is 13.8. The Morgan fingerprint density at radius 1 is 1.42 bits per heavy atom. The molecular formula is C12H10BrF2N3O. The van der Waals surface area contributed by atoms with E-state index in [0.29, 0.717) is 5.69 Å². The molecule has 0 aliphatic carbocycles. The first-order chi connectivity index (χ1) is 9.02. The van der Waals surface area contributed by atoms with Gasteiger partial charge in [0.15, 0.2) is 0 Å². The molecule has 1 aromatic carbocycles. The number of nitrogens with one attached hydrogen (secondary N) is 1. The van der Waals surface area contributed by atoms with Crippen molar-refractivity contribution in [3.05, 3.63) is 56.4 Å². The van der Waals surface area contributed by atoms with E-state index >= 15 is 0 Å². The molecule has 0 amide bonds. The molecule has 0 saturated heterocycles.